The minimum absolute atomic E-state index is 0.00698. The first kappa shape index (κ1) is 22.2. The number of hydrogen-bond acceptors (Lipinski definition) is 8. The second-order valence-corrected chi connectivity index (χ2v) is 6.31. The molecule has 0 spiro atoms. The highest BCUT2D eigenvalue weighted by atomic mass is 16.6. The van der Waals surface area contributed by atoms with Crippen LogP contribution in [0.25, 0.3) is 6.08 Å². The molecule has 6 N–H and O–H groups in total. The number of phenolic OH excluding ortho intramolecular Hbond substituents is 3. The third-order valence-electron chi connectivity index (χ3n) is 4.08. The summed E-state index contributed by atoms with van der Waals surface area (Å²) >= 11 is 0. The molecule has 0 heterocycles. The van der Waals surface area contributed by atoms with E-state index < -0.39 is 47.5 Å². The summed E-state index contributed by atoms with van der Waals surface area (Å²) in [5.74, 6) is -6.23. The first-order valence-electron chi connectivity index (χ1n) is 8.40. The minimum atomic E-state index is -3.07. The monoisotopic (exact) mass is 418 g/mol. The number of benzene rings is 2. The Morgan fingerprint density at radius 3 is 2.13 bits per heavy atom. The Morgan fingerprint density at radius 1 is 0.967 bits per heavy atom. The van der Waals surface area contributed by atoms with Crippen LogP contribution in [0.1, 0.15) is 11.1 Å². The smallest absolute Gasteiger partial charge is 0.348 e. The van der Waals surface area contributed by atoms with Gasteiger partial charge in [0.25, 0.3) is 0 Å². The van der Waals surface area contributed by atoms with Gasteiger partial charge >= 0.3 is 17.9 Å². The number of phenols is 3. The van der Waals surface area contributed by atoms with E-state index >= 15 is 0 Å². The molecule has 0 unspecified atom stereocenters. The third kappa shape index (κ3) is 5.26. The quantitative estimate of drug-likeness (QED) is 0.204. The number of aromatic hydroxyl groups is 3. The number of ether oxygens (including phenoxy) is 1. The molecule has 10 heteroatoms. The number of esters is 1. The van der Waals surface area contributed by atoms with Gasteiger partial charge in [0.05, 0.1) is 0 Å². The van der Waals surface area contributed by atoms with Gasteiger partial charge in [0.15, 0.2) is 11.5 Å². The zero-order valence-corrected chi connectivity index (χ0v) is 15.3. The molecule has 158 valence electrons. The molecule has 0 bridgehead atoms. The molecule has 2 atom stereocenters. The van der Waals surface area contributed by atoms with Crippen molar-refractivity contribution in [2.45, 2.75) is 18.1 Å². The molecule has 0 aliphatic rings. The van der Waals surface area contributed by atoms with E-state index in [0.717, 1.165) is 24.3 Å². The van der Waals surface area contributed by atoms with Crippen LogP contribution in [-0.4, -0.2) is 60.3 Å². The zero-order valence-electron chi connectivity index (χ0n) is 15.3. The maximum absolute atomic E-state index is 12.0. The largest absolute Gasteiger partial charge is 0.508 e. The Morgan fingerprint density at radius 2 is 1.60 bits per heavy atom. The molecule has 10 nitrogen and oxygen atoms in total. The lowest BCUT2D eigenvalue weighted by Gasteiger charge is -2.29. The van der Waals surface area contributed by atoms with Crippen molar-refractivity contribution in [3.8, 4) is 17.2 Å². The third-order valence-corrected chi connectivity index (χ3v) is 4.08. The predicted molar refractivity (Wildman–Crippen MR) is 101 cm³/mol. The Hall–Kier alpha value is -4.05. The van der Waals surface area contributed by atoms with Crippen LogP contribution in [0.2, 0.25) is 0 Å². The van der Waals surface area contributed by atoms with Crippen molar-refractivity contribution in [2.75, 3.05) is 0 Å². The summed E-state index contributed by atoms with van der Waals surface area (Å²) in [7, 11) is 0. The maximum Gasteiger partial charge on any atom is 0.348 e. The molecule has 0 fully saturated rings. The van der Waals surface area contributed by atoms with E-state index in [0.29, 0.717) is 5.56 Å². The minimum Gasteiger partial charge on any atom is -0.508 e. The molecular formula is C20H18O10. The van der Waals surface area contributed by atoms with Gasteiger partial charge in [0, 0.05) is 12.5 Å². The van der Waals surface area contributed by atoms with Crippen LogP contribution in [0.3, 0.4) is 0 Å². The summed E-state index contributed by atoms with van der Waals surface area (Å²) in [4.78, 5) is 35.2. The van der Waals surface area contributed by atoms with E-state index in [-0.39, 0.29) is 11.3 Å². The van der Waals surface area contributed by atoms with Crippen molar-refractivity contribution < 1.29 is 49.8 Å². The van der Waals surface area contributed by atoms with Crippen molar-refractivity contribution in [2.24, 2.45) is 0 Å². The molecule has 0 aromatic heterocycles. The van der Waals surface area contributed by atoms with Gasteiger partial charge in [-0.3, -0.25) is 0 Å². The van der Waals surface area contributed by atoms with Crippen molar-refractivity contribution in [3.63, 3.8) is 0 Å². The normalized spacial score (nSPS) is 14.0. The van der Waals surface area contributed by atoms with Gasteiger partial charge in [0.1, 0.15) is 5.75 Å². The van der Waals surface area contributed by atoms with Gasteiger partial charge in [-0.25, -0.2) is 14.4 Å². The Labute approximate surface area is 169 Å². The number of aliphatic carboxylic acids is 2. The average Bonchev–Trinajstić information content (AvgIpc) is 2.68. The van der Waals surface area contributed by atoms with Crippen LogP contribution >= 0.6 is 0 Å². The molecule has 2 rings (SSSR count). The summed E-state index contributed by atoms with van der Waals surface area (Å²) < 4.78 is 4.69. The molecule has 0 saturated heterocycles. The van der Waals surface area contributed by atoms with Crippen LogP contribution in [0, 0.1) is 0 Å². The van der Waals surface area contributed by atoms with Crippen molar-refractivity contribution in [1.29, 1.82) is 0 Å². The lowest BCUT2D eigenvalue weighted by atomic mass is 9.88. The molecule has 0 aliphatic heterocycles. The molecule has 0 aliphatic carbocycles. The number of aliphatic hydroxyl groups is 1. The van der Waals surface area contributed by atoms with Gasteiger partial charge in [-0.1, -0.05) is 18.2 Å². The first-order chi connectivity index (χ1) is 14.0. The maximum atomic E-state index is 12.0. The lowest BCUT2D eigenvalue weighted by molar-refractivity contribution is -0.192. The van der Waals surface area contributed by atoms with E-state index in [9.17, 15) is 45.0 Å². The summed E-state index contributed by atoms with van der Waals surface area (Å²) in [6.07, 6.45) is -1.26. The summed E-state index contributed by atoms with van der Waals surface area (Å²) in [6.45, 7) is 0. The van der Waals surface area contributed by atoms with Crippen LogP contribution in [0.4, 0.5) is 0 Å². The fraction of sp³-hybridized carbons (Fsp3) is 0.150. The van der Waals surface area contributed by atoms with E-state index in [1.807, 2.05) is 0 Å². The van der Waals surface area contributed by atoms with E-state index in [2.05, 4.69) is 0 Å². The summed E-state index contributed by atoms with van der Waals surface area (Å²) in [6, 6.07) is 8.73. The molecular weight excluding hydrogens is 400 g/mol. The number of carbonyl (C=O) groups is 3. The highest BCUT2D eigenvalue weighted by Gasteiger charge is 2.51. The molecule has 0 radical (unpaired) electrons. The highest BCUT2D eigenvalue weighted by Crippen LogP contribution is 2.29. The topological polar surface area (TPSA) is 182 Å². The molecule has 30 heavy (non-hydrogen) atoms. The number of carboxylic acid groups (broad SMARTS) is 2. The summed E-state index contributed by atoms with van der Waals surface area (Å²) in [5.41, 5.74) is -2.64. The Balaban J connectivity index is 2.25. The van der Waals surface area contributed by atoms with Crippen LogP contribution in [0.15, 0.2) is 48.5 Å². The lowest BCUT2D eigenvalue weighted by Crippen LogP contribution is -2.56. The number of carbonyl (C=O) groups excluding carboxylic acids is 1. The highest BCUT2D eigenvalue weighted by molar-refractivity contribution is 5.93. The molecule has 0 saturated carbocycles. The number of hydrogen-bond donors (Lipinski definition) is 6. The van der Waals surface area contributed by atoms with Crippen molar-refractivity contribution in [1.82, 2.24) is 0 Å². The van der Waals surface area contributed by atoms with E-state index in [4.69, 9.17) is 4.74 Å². The fourth-order valence-electron chi connectivity index (χ4n) is 2.53. The summed E-state index contributed by atoms with van der Waals surface area (Å²) in [5, 5.41) is 57.4. The average molecular weight is 418 g/mol. The van der Waals surface area contributed by atoms with Crippen LogP contribution in [-0.2, 0) is 25.5 Å². The van der Waals surface area contributed by atoms with Crippen molar-refractivity contribution in [3.05, 3.63) is 59.7 Å². The second-order valence-electron chi connectivity index (χ2n) is 6.31. The Kier molecular flexibility index (Phi) is 6.65. The van der Waals surface area contributed by atoms with Gasteiger partial charge in [-0.05, 0) is 41.5 Å². The van der Waals surface area contributed by atoms with Gasteiger partial charge < -0.3 is 35.4 Å². The molecule has 2 aromatic rings. The first-order valence-corrected chi connectivity index (χ1v) is 8.40. The number of carboxylic acids is 2. The fourth-order valence-corrected chi connectivity index (χ4v) is 2.53. The SMILES string of the molecule is O=C(/C=C\c1ccc(O)cc1)O[C@H](C(=O)O)[C@](O)(Cc1ccc(O)c(O)c1)C(=O)O. The second kappa shape index (κ2) is 8.97. The van der Waals surface area contributed by atoms with Crippen molar-refractivity contribution >= 4 is 24.0 Å². The standard InChI is InChI=1S/C20H18O10/c21-13-5-1-11(2-6-13)4-8-16(24)30-17(18(25)26)20(29,19(27)28)10-12-3-7-14(22)15(23)9-12/h1-9,17,21-23,29H,10H2,(H,25,26)(H,27,28)/b8-4-/t17-,20-/m1/s1. The van der Waals surface area contributed by atoms with Gasteiger partial charge in [-0.15, -0.1) is 0 Å². The molecule has 2 aromatic carbocycles. The van der Waals surface area contributed by atoms with E-state index in [1.165, 1.54) is 30.3 Å². The van der Waals surface area contributed by atoms with Gasteiger partial charge in [0.2, 0.25) is 11.7 Å². The van der Waals surface area contributed by atoms with Gasteiger partial charge in [-0.2, -0.15) is 0 Å². The Bertz CT molecular complexity index is 980. The van der Waals surface area contributed by atoms with Crippen LogP contribution in [0.5, 0.6) is 17.2 Å². The zero-order chi connectivity index (χ0) is 22.5. The van der Waals surface area contributed by atoms with E-state index in [1.54, 1.807) is 0 Å². The van der Waals surface area contributed by atoms with Crippen LogP contribution < -0.4 is 0 Å². The predicted octanol–water partition coefficient (Wildman–Crippen LogP) is 0.871. The number of rotatable bonds is 8. The molecule has 0 amide bonds.